The van der Waals surface area contributed by atoms with Crippen molar-refractivity contribution in [2.75, 3.05) is 4.90 Å². The largest absolute Gasteiger partial charge is 0.503 e. The minimum Gasteiger partial charge on any atom is -0.503 e. The van der Waals surface area contributed by atoms with E-state index in [0.29, 0.717) is 26.8 Å². The third-order valence-corrected chi connectivity index (χ3v) is 6.36. The lowest BCUT2D eigenvalue weighted by atomic mass is 9.95. The van der Waals surface area contributed by atoms with Gasteiger partial charge in [0.25, 0.3) is 5.91 Å². The lowest BCUT2D eigenvalue weighted by molar-refractivity contribution is -0.117. The number of hydrogen-bond acceptors (Lipinski definition) is 8. The average Bonchev–Trinajstić information content (AvgIpc) is 3.28. The molecule has 1 aromatic carbocycles. The number of carbonyl (C=O) groups is 3. The number of Topliss-reactive ketones (excluding diaryl/α,β-unsaturated/α-hetero) is 1. The summed E-state index contributed by atoms with van der Waals surface area (Å²) in [5.41, 5.74) is 1.67. The van der Waals surface area contributed by atoms with Crippen molar-refractivity contribution in [2.45, 2.75) is 39.8 Å². The van der Waals surface area contributed by atoms with Crippen LogP contribution in [0.25, 0.3) is 0 Å². The zero-order valence-corrected chi connectivity index (χ0v) is 19.9. The Morgan fingerprint density at radius 1 is 1.15 bits per heavy atom. The second kappa shape index (κ2) is 9.18. The molecule has 1 aliphatic heterocycles. The summed E-state index contributed by atoms with van der Waals surface area (Å²) in [7, 11) is 0. The standard InChI is InChI=1S/C25H23N3O5S/c1-13(2)33-25(32)17-6-5-7-18(12-17)28-20(16-8-10-26-11-9-16)19(22(30)24(28)31)21(29)23-14(3)27-15(4)34-23/h5-13,20,30H,1-4H3. The number of anilines is 1. The summed E-state index contributed by atoms with van der Waals surface area (Å²) in [5.74, 6) is -2.37. The summed E-state index contributed by atoms with van der Waals surface area (Å²) in [5, 5.41) is 11.6. The number of aliphatic hydroxyl groups excluding tert-OH is 1. The maximum atomic E-state index is 13.6. The quantitative estimate of drug-likeness (QED) is 0.411. The van der Waals surface area contributed by atoms with Crippen molar-refractivity contribution in [3.05, 3.63) is 86.8 Å². The number of benzene rings is 1. The maximum absolute atomic E-state index is 13.6. The molecule has 3 heterocycles. The van der Waals surface area contributed by atoms with E-state index in [4.69, 9.17) is 4.74 Å². The van der Waals surface area contributed by atoms with Crippen molar-refractivity contribution < 1.29 is 24.2 Å². The molecule has 3 aromatic rings. The fourth-order valence-electron chi connectivity index (χ4n) is 3.89. The number of ketones is 1. The van der Waals surface area contributed by atoms with E-state index in [0.717, 1.165) is 0 Å². The Balaban J connectivity index is 1.83. The summed E-state index contributed by atoms with van der Waals surface area (Å²) in [6.45, 7) is 6.99. The third kappa shape index (κ3) is 4.22. The lowest BCUT2D eigenvalue weighted by Crippen LogP contribution is -2.31. The first-order valence-corrected chi connectivity index (χ1v) is 11.5. The van der Waals surface area contributed by atoms with E-state index < -0.39 is 29.5 Å². The van der Waals surface area contributed by atoms with E-state index in [1.165, 1.54) is 22.3 Å². The topological polar surface area (TPSA) is 110 Å². The van der Waals surface area contributed by atoms with Gasteiger partial charge < -0.3 is 9.84 Å². The SMILES string of the molecule is Cc1nc(C)c(C(=O)C2=C(O)C(=O)N(c3cccc(C(=O)OC(C)C)c3)C2c2ccncc2)s1. The normalized spacial score (nSPS) is 15.9. The minimum atomic E-state index is -0.916. The molecule has 0 saturated carbocycles. The molecule has 1 N–H and O–H groups in total. The zero-order valence-electron chi connectivity index (χ0n) is 19.1. The molecular weight excluding hydrogens is 454 g/mol. The molecule has 174 valence electrons. The highest BCUT2D eigenvalue weighted by Crippen LogP contribution is 2.42. The Hall–Kier alpha value is -3.85. The molecule has 1 atom stereocenters. The highest BCUT2D eigenvalue weighted by molar-refractivity contribution is 7.14. The van der Waals surface area contributed by atoms with Crippen molar-refractivity contribution in [3.63, 3.8) is 0 Å². The third-order valence-electron chi connectivity index (χ3n) is 5.29. The summed E-state index contributed by atoms with van der Waals surface area (Å²) in [4.78, 5) is 49.4. The number of thiazole rings is 1. The Bertz CT molecular complexity index is 1310. The van der Waals surface area contributed by atoms with Crippen molar-refractivity contribution in [3.8, 4) is 0 Å². The first kappa shape index (κ1) is 23.3. The molecule has 9 heteroatoms. The molecule has 2 aromatic heterocycles. The number of carbonyl (C=O) groups excluding carboxylic acids is 3. The molecule has 0 fully saturated rings. The van der Waals surface area contributed by atoms with E-state index in [9.17, 15) is 19.5 Å². The fraction of sp³-hybridized carbons (Fsp3) is 0.240. The first-order valence-electron chi connectivity index (χ1n) is 10.7. The van der Waals surface area contributed by atoms with Crippen LogP contribution in [0.2, 0.25) is 0 Å². The number of ether oxygens (including phenoxy) is 1. The maximum Gasteiger partial charge on any atom is 0.338 e. The number of aromatic nitrogens is 2. The van der Waals surface area contributed by atoms with Crippen LogP contribution < -0.4 is 4.90 Å². The highest BCUT2D eigenvalue weighted by atomic mass is 32.1. The predicted molar refractivity (Wildman–Crippen MR) is 127 cm³/mol. The highest BCUT2D eigenvalue weighted by Gasteiger charge is 2.45. The summed E-state index contributed by atoms with van der Waals surface area (Å²) >= 11 is 1.21. The molecule has 8 nitrogen and oxygen atoms in total. The van der Waals surface area contributed by atoms with Crippen LogP contribution in [0.3, 0.4) is 0 Å². The van der Waals surface area contributed by atoms with E-state index in [1.807, 2.05) is 0 Å². The van der Waals surface area contributed by atoms with Gasteiger partial charge in [0, 0.05) is 18.1 Å². The summed E-state index contributed by atoms with van der Waals surface area (Å²) in [6.07, 6.45) is 2.79. The average molecular weight is 478 g/mol. The Morgan fingerprint density at radius 2 is 1.85 bits per heavy atom. The smallest absolute Gasteiger partial charge is 0.338 e. The number of rotatable bonds is 6. The second-order valence-electron chi connectivity index (χ2n) is 8.10. The van der Waals surface area contributed by atoms with Crippen molar-refractivity contribution in [1.29, 1.82) is 0 Å². The van der Waals surface area contributed by atoms with Gasteiger partial charge >= 0.3 is 5.97 Å². The van der Waals surface area contributed by atoms with Gasteiger partial charge in [0.15, 0.2) is 5.76 Å². The molecular formula is C25H23N3O5S. The molecule has 0 saturated heterocycles. The van der Waals surface area contributed by atoms with Crippen LogP contribution in [0, 0.1) is 13.8 Å². The monoisotopic (exact) mass is 477 g/mol. The summed E-state index contributed by atoms with van der Waals surface area (Å²) < 4.78 is 5.28. The number of aliphatic hydroxyl groups is 1. The van der Waals surface area contributed by atoms with Crippen LogP contribution in [0.1, 0.15) is 56.2 Å². The van der Waals surface area contributed by atoms with E-state index in [2.05, 4.69) is 9.97 Å². The van der Waals surface area contributed by atoms with Crippen molar-refractivity contribution in [2.24, 2.45) is 0 Å². The van der Waals surface area contributed by atoms with Gasteiger partial charge in [-0.25, -0.2) is 9.78 Å². The van der Waals surface area contributed by atoms with Crippen LogP contribution in [0.4, 0.5) is 5.69 Å². The van der Waals surface area contributed by atoms with Gasteiger partial charge in [0.1, 0.15) is 0 Å². The van der Waals surface area contributed by atoms with Gasteiger partial charge in [-0.1, -0.05) is 6.07 Å². The van der Waals surface area contributed by atoms with Crippen LogP contribution in [-0.2, 0) is 9.53 Å². The number of esters is 1. The minimum absolute atomic E-state index is 0.0434. The molecule has 4 rings (SSSR count). The summed E-state index contributed by atoms with van der Waals surface area (Å²) in [6, 6.07) is 8.80. The van der Waals surface area contributed by atoms with E-state index in [-0.39, 0.29) is 17.2 Å². The van der Waals surface area contributed by atoms with Gasteiger partial charge in [0.2, 0.25) is 5.78 Å². The molecule has 0 bridgehead atoms. The van der Waals surface area contributed by atoms with Gasteiger partial charge in [-0.05, 0) is 63.6 Å². The Morgan fingerprint density at radius 3 is 2.47 bits per heavy atom. The van der Waals surface area contributed by atoms with E-state index >= 15 is 0 Å². The Labute approximate surface area is 200 Å². The van der Waals surface area contributed by atoms with Crippen LogP contribution in [-0.4, -0.2) is 38.8 Å². The van der Waals surface area contributed by atoms with Gasteiger partial charge in [0.05, 0.1) is 38.9 Å². The van der Waals surface area contributed by atoms with Crippen molar-refractivity contribution in [1.82, 2.24) is 9.97 Å². The van der Waals surface area contributed by atoms with Crippen LogP contribution in [0.5, 0.6) is 0 Å². The van der Waals surface area contributed by atoms with Crippen molar-refractivity contribution >= 4 is 34.7 Å². The number of hydrogen-bond donors (Lipinski definition) is 1. The number of aryl methyl sites for hydroxylation is 2. The van der Waals surface area contributed by atoms with Gasteiger partial charge in [-0.3, -0.25) is 19.5 Å². The second-order valence-corrected chi connectivity index (χ2v) is 9.30. The molecule has 34 heavy (non-hydrogen) atoms. The number of amides is 1. The molecule has 1 aliphatic rings. The molecule has 0 aliphatic carbocycles. The lowest BCUT2D eigenvalue weighted by Gasteiger charge is -2.27. The Kier molecular flexibility index (Phi) is 6.30. The zero-order chi connectivity index (χ0) is 24.6. The van der Waals surface area contributed by atoms with Gasteiger partial charge in [-0.15, -0.1) is 11.3 Å². The fourth-order valence-corrected chi connectivity index (χ4v) is 4.77. The van der Waals surface area contributed by atoms with Gasteiger partial charge in [-0.2, -0.15) is 0 Å². The van der Waals surface area contributed by atoms with E-state index in [1.54, 1.807) is 70.4 Å². The molecule has 0 spiro atoms. The number of nitrogens with zero attached hydrogens (tertiary/aromatic N) is 3. The molecule has 0 radical (unpaired) electrons. The number of pyridine rings is 1. The van der Waals surface area contributed by atoms with Crippen LogP contribution in [0.15, 0.2) is 60.1 Å². The molecule has 1 unspecified atom stereocenters. The van der Waals surface area contributed by atoms with Crippen LogP contribution >= 0.6 is 11.3 Å². The predicted octanol–water partition coefficient (Wildman–Crippen LogP) is 4.50. The molecule has 1 amide bonds. The first-order chi connectivity index (χ1) is 16.2.